The molecule has 0 aliphatic heterocycles. The summed E-state index contributed by atoms with van der Waals surface area (Å²) in [6, 6.07) is 20.2. The summed E-state index contributed by atoms with van der Waals surface area (Å²) in [5.74, 6) is 1.76. The Labute approximate surface area is 306 Å². The average Bonchev–Trinajstić information content (AvgIpc) is 3.08. The van der Waals surface area contributed by atoms with Gasteiger partial charge >= 0.3 is 0 Å². The van der Waals surface area contributed by atoms with Crippen molar-refractivity contribution in [2.24, 2.45) is 11.3 Å². The molecule has 0 heterocycles. The van der Waals surface area contributed by atoms with Crippen LogP contribution in [0.25, 0.3) is 5.57 Å². The molecule has 1 fully saturated rings. The molecule has 0 radical (unpaired) electrons. The number of hydrogen-bond acceptors (Lipinski definition) is 1. The highest BCUT2D eigenvalue weighted by molar-refractivity contribution is 5.94. The molecule has 1 aliphatic rings. The minimum Gasteiger partial charge on any atom is -0.305 e. The van der Waals surface area contributed by atoms with Crippen molar-refractivity contribution in [1.82, 2.24) is 0 Å². The van der Waals surface area contributed by atoms with E-state index in [1.54, 1.807) is 29.2 Å². The van der Waals surface area contributed by atoms with Crippen LogP contribution in [0.3, 0.4) is 0 Å². The quantitative estimate of drug-likeness (QED) is 0.153. The van der Waals surface area contributed by atoms with E-state index >= 15 is 0 Å². The standard InChI is InChI=1S/C34H56.C7H8.C5H9N.C2H6/c1-8-12-16-30(15-11-4)33(26-34(5,6)7)32(17-13-9-2)31-24-22-29(23-25-31)28-20-18-27(14-10-3)19-21-28;1-7-5-3-2-4-6-7;1-4(2)5(3)6;1-2/h15,22-25,27-28H,8-14,16-21,26H2,1-7H3;2-6H,1H3;6H,1H2,2-3H3;1-2H3/b30-15+,33-32-;;;. The Morgan fingerprint density at radius 3 is 1.73 bits per heavy atom. The van der Waals surface area contributed by atoms with E-state index in [9.17, 15) is 0 Å². The van der Waals surface area contributed by atoms with Gasteiger partial charge in [-0.05, 0) is 136 Å². The molecule has 1 aliphatic carbocycles. The van der Waals surface area contributed by atoms with E-state index in [1.165, 1.54) is 94.6 Å². The van der Waals surface area contributed by atoms with E-state index in [-0.39, 0.29) is 0 Å². The molecule has 0 saturated heterocycles. The van der Waals surface area contributed by atoms with Crippen LogP contribution in [-0.2, 0) is 0 Å². The second-order valence-corrected chi connectivity index (χ2v) is 15.2. The zero-order chi connectivity index (χ0) is 37.2. The molecule has 0 unspecified atom stereocenters. The molecule has 0 spiro atoms. The lowest BCUT2D eigenvalue weighted by Gasteiger charge is -2.29. The molecule has 0 aromatic heterocycles. The zero-order valence-electron chi connectivity index (χ0n) is 34.5. The van der Waals surface area contributed by atoms with E-state index < -0.39 is 0 Å². The van der Waals surface area contributed by atoms with Crippen molar-refractivity contribution >= 4 is 11.3 Å². The average molecular weight is 670 g/mol. The van der Waals surface area contributed by atoms with E-state index in [1.807, 2.05) is 39.0 Å². The minimum atomic E-state index is 0.295. The summed E-state index contributed by atoms with van der Waals surface area (Å²) < 4.78 is 0. The van der Waals surface area contributed by atoms with Crippen molar-refractivity contribution in [3.8, 4) is 0 Å². The van der Waals surface area contributed by atoms with Gasteiger partial charge in [-0.15, -0.1) is 0 Å². The van der Waals surface area contributed by atoms with Gasteiger partial charge in [0.25, 0.3) is 0 Å². The Kier molecular flexibility index (Phi) is 25.6. The molecule has 0 bridgehead atoms. The third kappa shape index (κ3) is 20.6. The first-order chi connectivity index (χ1) is 23.4. The minimum absolute atomic E-state index is 0.295. The maximum absolute atomic E-state index is 6.85. The Morgan fingerprint density at radius 2 is 1.33 bits per heavy atom. The number of allylic oxidation sites excluding steroid dienone is 5. The third-order valence-electron chi connectivity index (χ3n) is 9.34. The molecule has 276 valence electrons. The van der Waals surface area contributed by atoms with Gasteiger partial charge in [-0.25, -0.2) is 0 Å². The number of hydrogen-bond donors (Lipinski definition) is 1. The molecule has 1 N–H and O–H groups in total. The SMILES string of the molecule is C=C(C)C(C)=N.CC.CC/C=C(CCCC)/C(CC(C)(C)C)=C(/CCCC)c1ccc(C2CCC(CCC)CC2)cc1.Cc1ccccc1. The van der Waals surface area contributed by atoms with Gasteiger partial charge in [-0.2, -0.15) is 0 Å². The molecule has 3 rings (SSSR count). The Balaban J connectivity index is 0.00000127. The second kappa shape index (κ2) is 27.1. The van der Waals surface area contributed by atoms with Crippen molar-refractivity contribution in [1.29, 1.82) is 5.41 Å². The smallest absolute Gasteiger partial charge is 0.0306 e. The fourth-order valence-electron chi connectivity index (χ4n) is 6.44. The summed E-state index contributed by atoms with van der Waals surface area (Å²) in [6.07, 6.45) is 20.8. The summed E-state index contributed by atoms with van der Waals surface area (Å²) >= 11 is 0. The largest absolute Gasteiger partial charge is 0.305 e. The van der Waals surface area contributed by atoms with Gasteiger partial charge in [0.2, 0.25) is 0 Å². The Morgan fingerprint density at radius 1 is 0.796 bits per heavy atom. The van der Waals surface area contributed by atoms with Crippen molar-refractivity contribution < 1.29 is 0 Å². The van der Waals surface area contributed by atoms with Crippen LogP contribution < -0.4 is 0 Å². The lowest BCUT2D eigenvalue weighted by molar-refractivity contribution is 0.308. The highest BCUT2D eigenvalue weighted by Crippen LogP contribution is 2.40. The summed E-state index contributed by atoms with van der Waals surface area (Å²) in [5, 5.41) is 6.85. The predicted molar refractivity (Wildman–Crippen MR) is 225 cm³/mol. The monoisotopic (exact) mass is 670 g/mol. The van der Waals surface area contributed by atoms with Gasteiger partial charge < -0.3 is 5.41 Å². The molecule has 1 saturated carbocycles. The molecule has 1 heteroatoms. The highest BCUT2D eigenvalue weighted by Gasteiger charge is 2.23. The van der Waals surface area contributed by atoms with Gasteiger partial charge in [0.1, 0.15) is 0 Å². The number of nitrogens with one attached hydrogen (secondary N) is 1. The van der Waals surface area contributed by atoms with Gasteiger partial charge in [0.05, 0.1) is 0 Å². The molecule has 2 aromatic rings. The van der Waals surface area contributed by atoms with E-state index in [2.05, 4.69) is 104 Å². The molecular weight excluding hydrogens is 591 g/mol. The van der Waals surface area contributed by atoms with Crippen LogP contribution >= 0.6 is 0 Å². The van der Waals surface area contributed by atoms with Crippen LogP contribution in [-0.4, -0.2) is 5.71 Å². The van der Waals surface area contributed by atoms with Crippen molar-refractivity contribution in [2.45, 2.75) is 179 Å². The fraction of sp³-hybridized carbons (Fsp3) is 0.604. The first-order valence-electron chi connectivity index (χ1n) is 20.1. The number of rotatable bonds is 14. The van der Waals surface area contributed by atoms with Gasteiger partial charge in [0, 0.05) is 5.71 Å². The number of unbranched alkanes of at least 4 members (excludes halogenated alkanes) is 2. The summed E-state index contributed by atoms with van der Waals surface area (Å²) in [4.78, 5) is 0. The van der Waals surface area contributed by atoms with Gasteiger partial charge in [-0.3, -0.25) is 0 Å². The molecule has 2 aromatic carbocycles. The first kappa shape index (κ1) is 46.3. The van der Waals surface area contributed by atoms with Crippen LogP contribution in [0.1, 0.15) is 189 Å². The first-order valence-corrected chi connectivity index (χ1v) is 20.1. The second-order valence-electron chi connectivity index (χ2n) is 15.2. The third-order valence-corrected chi connectivity index (χ3v) is 9.34. The topological polar surface area (TPSA) is 23.9 Å². The zero-order valence-corrected chi connectivity index (χ0v) is 34.5. The Hall–Kier alpha value is -2.67. The van der Waals surface area contributed by atoms with Crippen LogP contribution in [0, 0.1) is 23.7 Å². The van der Waals surface area contributed by atoms with E-state index in [0.717, 1.165) is 23.8 Å². The molecule has 0 atom stereocenters. The van der Waals surface area contributed by atoms with Crippen LogP contribution in [0.5, 0.6) is 0 Å². The summed E-state index contributed by atoms with van der Waals surface area (Å²) in [7, 11) is 0. The van der Waals surface area contributed by atoms with Crippen molar-refractivity contribution in [2.75, 3.05) is 0 Å². The molecule has 0 amide bonds. The lowest BCUT2D eigenvalue weighted by atomic mass is 9.76. The molecule has 1 nitrogen and oxygen atoms in total. The summed E-state index contributed by atoms with van der Waals surface area (Å²) in [6.45, 7) is 29.7. The maximum Gasteiger partial charge on any atom is 0.0306 e. The lowest BCUT2D eigenvalue weighted by Crippen LogP contribution is -2.13. The van der Waals surface area contributed by atoms with Gasteiger partial charge in [0.15, 0.2) is 0 Å². The normalized spacial score (nSPS) is 16.4. The fourth-order valence-corrected chi connectivity index (χ4v) is 6.44. The van der Waals surface area contributed by atoms with Crippen molar-refractivity contribution in [3.63, 3.8) is 0 Å². The van der Waals surface area contributed by atoms with E-state index in [4.69, 9.17) is 5.41 Å². The van der Waals surface area contributed by atoms with Gasteiger partial charge in [-0.1, -0.05) is 161 Å². The highest BCUT2D eigenvalue weighted by atomic mass is 14.4. The predicted octanol–water partition coefficient (Wildman–Crippen LogP) is 16.3. The maximum atomic E-state index is 6.85. The van der Waals surface area contributed by atoms with Crippen LogP contribution in [0.2, 0.25) is 0 Å². The van der Waals surface area contributed by atoms with Crippen LogP contribution in [0.4, 0.5) is 0 Å². The summed E-state index contributed by atoms with van der Waals surface area (Å²) in [5.41, 5.74) is 11.0. The van der Waals surface area contributed by atoms with Crippen LogP contribution in [0.15, 0.2) is 84.0 Å². The molecule has 49 heavy (non-hydrogen) atoms. The number of benzene rings is 2. The van der Waals surface area contributed by atoms with Crippen molar-refractivity contribution in [3.05, 3.63) is 101 Å². The molecular formula is C48H79N. The van der Waals surface area contributed by atoms with E-state index in [0.29, 0.717) is 11.1 Å². The Bertz CT molecular complexity index is 1180. The number of aryl methyl sites for hydroxylation is 1.